The van der Waals surface area contributed by atoms with Gasteiger partial charge in [-0.15, -0.1) is 0 Å². The third-order valence-corrected chi connectivity index (χ3v) is 9.26. The van der Waals surface area contributed by atoms with Crippen molar-refractivity contribution in [2.24, 2.45) is 5.92 Å². The first kappa shape index (κ1) is 36.5. The minimum absolute atomic E-state index is 0.0434. The van der Waals surface area contributed by atoms with Crippen LogP contribution in [0.4, 0.5) is 5.69 Å². The number of carbonyl (C=O) groups is 2. The van der Waals surface area contributed by atoms with E-state index in [2.05, 4.69) is 5.32 Å². The van der Waals surface area contributed by atoms with E-state index in [0.29, 0.717) is 17.0 Å². The third-order valence-electron chi connectivity index (χ3n) is 7.41. The summed E-state index contributed by atoms with van der Waals surface area (Å²) >= 11 is 0. The van der Waals surface area contributed by atoms with E-state index in [0.717, 1.165) is 5.56 Å². The molecule has 0 heterocycles. The van der Waals surface area contributed by atoms with Gasteiger partial charge in [0.25, 0.3) is 0 Å². The maximum absolute atomic E-state index is 13.7. The van der Waals surface area contributed by atoms with Gasteiger partial charge in [0.2, 0.25) is 21.8 Å². The topological polar surface area (TPSA) is 140 Å². The molecular formula is C34H46N4O7S. The van der Waals surface area contributed by atoms with Crippen LogP contribution < -0.4 is 15.0 Å². The van der Waals surface area contributed by atoms with Gasteiger partial charge in [0.05, 0.1) is 43.8 Å². The molecule has 3 aromatic carbocycles. The highest BCUT2D eigenvalue weighted by molar-refractivity contribution is 7.89. The molecule has 46 heavy (non-hydrogen) atoms. The molecule has 0 aliphatic carbocycles. The summed E-state index contributed by atoms with van der Waals surface area (Å²) in [7, 11) is 0.810. The first-order chi connectivity index (χ1) is 21.8. The lowest BCUT2D eigenvalue weighted by atomic mass is 10.0. The Morgan fingerprint density at radius 3 is 2.04 bits per heavy atom. The van der Waals surface area contributed by atoms with Gasteiger partial charge in [-0.1, -0.05) is 56.3 Å². The molecule has 0 saturated heterocycles. The summed E-state index contributed by atoms with van der Waals surface area (Å²) in [6.45, 7) is 3.19. The number of nitrogens with one attached hydrogen (secondary N) is 1. The standard InChI is InChI=1S/C34H46N4O7S/c1-25(2)20-38(46(43,44)30-17-11-27(24-39)12-18-30)21-32(40)31(19-26-9-7-6-8-10-26)35-33(41)22-37(23-34(42)36(3)4)28-13-15-29(45-5)16-14-28/h6-18,25,31-32,39-40H,19-24H2,1-5H3,(H,35,41)/t31-,32-/m0/s1. The van der Waals surface area contributed by atoms with Crippen LogP contribution in [0.15, 0.2) is 83.8 Å². The molecule has 0 radical (unpaired) electrons. The molecule has 0 fully saturated rings. The van der Waals surface area contributed by atoms with Crippen LogP contribution in [0.2, 0.25) is 0 Å². The lowest BCUT2D eigenvalue weighted by molar-refractivity contribution is -0.127. The molecule has 12 heteroatoms. The number of nitrogens with zero attached hydrogens (tertiary/aromatic N) is 3. The first-order valence-electron chi connectivity index (χ1n) is 15.1. The molecule has 0 aliphatic rings. The zero-order chi connectivity index (χ0) is 33.9. The number of likely N-dealkylation sites (N-methyl/N-ethyl adjacent to an activating group) is 1. The Morgan fingerprint density at radius 2 is 1.50 bits per heavy atom. The van der Waals surface area contributed by atoms with Crippen LogP contribution in [0.5, 0.6) is 5.75 Å². The Hall–Kier alpha value is -3.97. The molecule has 0 aliphatic heterocycles. The summed E-state index contributed by atoms with van der Waals surface area (Å²) in [5, 5.41) is 23.9. The molecule has 0 bridgehead atoms. The number of ether oxygens (including phenoxy) is 1. The molecule has 3 N–H and O–H groups in total. The number of amides is 2. The van der Waals surface area contributed by atoms with Crippen LogP contribution >= 0.6 is 0 Å². The summed E-state index contributed by atoms with van der Waals surface area (Å²) in [6, 6.07) is 21.4. The van der Waals surface area contributed by atoms with Gasteiger partial charge in [-0.2, -0.15) is 4.31 Å². The van der Waals surface area contributed by atoms with Crippen LogP contribution in [0.3, 0.4) is 0 Å². The SMILES string of the molecule is COc1ccc(N(CC(=O)N[C@@H](Cc2ccccc2)[C@@H](O)CN(CC(C)C)S(=O)(=O)c2ccc(CO)cc2)CC(=O)N(C)C)cc1. The molecule has 11 nitrogen and oxygen atoms in total. The van der Waals surface area contributed by atoms with Crippen LogP contribution in [0.25, 0.3) is 0 Å². The molecule has 0 aromatic heterocycles. The molecule has 0 spiro atoms. The normalized spacial score (nSPS) is 12.9. The van der Waals surface area contributed by atoms with Crippen molar-refractivity contribution in [2.45, 2.75) is 43.9 Å². The van der Waals surface area contributed by atoms with Gasteiger partial charge in [0.15, 0.2) is 0 Å². The number of carbonyl (C=O) groups excluding carboxylic acids is 2. The zero-order valence-corrected chi connectivity index (χ0v) is 28.0. The van der Waals surface area contributed by atoms with Crippen LogP contribution in [0.1, 0.15) is 25.0 Å². The van der Waals surface area contributed by atoms with E-state index in [4.69, 9.17) is 4.74 Å². The molecule has 3 rings (SSSR count). The van der Waals surface area contributed by atoms with Crippen LogP contribution in [-0.4, -0.2) is 99.2 Å². The van der Waals surface area contributed by atoms with Gasteiger partial charge in [0.1, 0.15) is 5.75 Å². The average Bonchev–Trinajstić information content (AvgIpc) is 3.04. The molecular weight excluding hydrogens is 608 g/mol. The number of aliphatic hydroxyl groups excluding tert-OH is 2. The monoisotopic (exact) mass is 654 g/mol. The van der Waals surface area contributed by atoms with Gasteiger partial charge in [-0.25, -0.2) is 8.42 Å². The van der Waals surface area contributed by atoms with Crippen molar-refractivity contribution in [3.8, 4) is 5.75 Å². The van der Waals surface area contributed by atoms with Crippen molar-refractivity contribution in [1.82, 2.24) is 14.5 Å². The fourth-order valence-electron chi connectivity index (χ4n) is 4.84. The number of sulfonamides is 1. The predicted molar refractivity (Wildman–Crippen MR) is 178 cm³/mol. The van der Waals surface area contributed by atoms with E-state index in [1.807, 2.05) is 44.2 Å². The van der Waals surface area contributed by atoms with Gasteiger partial charge in [0, 0.05) is 32.9 Å². The highest BCUT2D eigenvalue weighted by Crippen LogP contribution is 2.21. The van der Waals surface area contributed by atoms with Crippen molar-refractivity contribution in [1.29, 1.82) is 0 Å². The van der Waals surface area contributed by atoms with E-state index in [-0.39, 0.29) is 55.9 Å². The molecule has 250 valence electrons. The highest BCUT2D eigenvalue weighted by Gasteiger charge is 2.32. The smallest absolute Gasteiger partial charge is 0.243 e. The maximum Gasteiger partial charge on any atom is 0.243 e. The molecule has 0 unspecified atom stereocenters. The summed E-state index contributed by atoms with van der Waals surface area (Å²) in [5.74, 6) is -0.0669. The van der Waals surface area contributed by atoms with E-state index < -0.39 is 28.1 Å². The Balaban J connectivity index is 1.88. The minimum Gasteiger partial charge on any atom is -0.497 e. The van der Waals surface area contributed by atoms with Gasteiger partial charge in [-0.3, -0.25) is 9.59 Å². The van der Waals surface area contributed by atoms with Crippen molar-refractivity contribution in [2.75, 3.05) is 52.3 Å². The highest BCUT2D eigenvalue weighted by atomic mass is 32.2. The molecule has 2 amide bonds. The maximum atomic E-state index is 13.7. The van der Waals surface area contributed by atoms with Crippen LogP contribution in [-0.2, 0) is 32.6 Å². The molecule has 0 saturated carbocycles. The average molecular weight is 655 g/mol. The Labute approximate surface area is 272 Å². The Bertz CT molecular complexity index is 1500. The van der Waals surface area contributed by atoms with Gasteiger partial charge >= 0.3 is 0 Å². The minimum atomic E-state index is -4.02. The number of rotatable bonds is 17. The largest absolute Gasteiger partial charge is 0.497 e. The quantitative estimate of drug-likeness (QED) is 0.202. The van der Waals surface area contributed by atoms with E-state index >= 15 is 0 Å². The Morgan fingerprint density at radius 1 is 0.870 bits per heavy atom. The van der Waals surface area contributed by atoms with Crippen molar-refractivity contribution >= 4 is 27.5 Å². The summed E-state index contributed by atoms with van der Waals surface area (Å²) in [6.07, 6.45) is -1.03. The van der Waals surface area contributed by atoms with Crippen LogP contribution in [0, 0.1) is 5.92 Å². The van der Waals surface area contributed by atoms with E-state index in [1.54, 1.807) is 62.5 Å². The number of hydrogen-bond acceptors (Lipinski definition) is 8. The summed E-state index contributed by atoms with van der Waals surface area (Å²) < 4.78 is 33.9. The van der Waals surface area contributed by atoms with Crippen molar-refractivity contribution < 1.29 is 33.0 Å². The second-order valence-electron chi connectivity index (χ2n) is 11.8. The molecule has 3 aromatic rings. The number of aliphatic hydroxyl groups is 2. The second kappa shape index (κ2) is 17.1. The summed E-state index contributed by atoms with van der Waals surface area (Å²) in [4.78, 5) is 29.4. The van der Waals surface area contributed by atoms with Gasteiger partial charge in [-0.05, 0) is 59.9 Å². The fraction of sp³-hybridized carbons (Fsp3) is 0.412. The molecule has 2 atom stereocenters. The number of hydrogen-bond donors (Lipinski definition) is 3. The summed E-state index contributed by atoms with van der Waals surface area (Å²) in [5.41, 5.74) is 2.06. The van der Waals surface area contributed by atoms with Crippen molar-refractivity contribution in [3.63, 3.8) is 0 Å². The Kier molecular flexibility index (Phi) is 13.6. The fourth-order valence-corrected chi connectivity index (χ4v) is 6.46. The second-order valence-corrected chi connectivity index (χ2v) is 13.7. The lowest BCUT2D eigenvalue weighted by Crippen LogP contribution is -2.53. The lowest BCUT2D eigenvalue weighted by Gasteiger charge is -2.32. The van der Waals surface area contributed by atoms with E-state index in [9.17, 15) is 28.2 Å². The predicted octanol–water partition coefficient (Wildman–Crippen LogP) is 2.52. The number of benzene rings is 3. The third kappa shape index (κ3) is 10.5. The van der Waals surface area contributed by atoms with Crippen molar-refractivity contribution in [3.05, 3.63) is 90.0 Å². The number of methoxy groups -OCH3 is 1. The first-order valence-corrected chi connectivity index (χ1v) is 16.6. The number of anilines is 1. The van der Waals surface area contributed by atoms with Gasteiger partial charge < -0.3 is 30.1 Å². The van der Waals surface area contributed by atoms with E-state index in [1.165, 1.54) is 21.3 Å². The zero-order valence-electron chi connectivity index (χ0n) is 27.2.